The van der Waals surface area contributed by atoms with E-state index in [9.17, 15) is 0 Å². The zero-order valence-electron chi connectivity index (χ0n) is 6.01. The topological polar surface area (TPSA) is 3.24 Å². The van der Waals surface area contributed by atoms with Gasteiger partial charge in [-0.1, -0.05) is 6.92 Å². The van der Waals surface area contributed by atoms with E-state index in [0.717, 1.165) is 6.54 Å². The fourth-order valence-electron chi connectivity index (χ4n) is 1.34. The molecule has 1 aliphatic heterocycles. The molecule has 1 nitrogen and oxygen atoms in total. The molecule has 1 heterocycles. The minimum Gasteiger partial charge on any atom is -0.292 e. The minimum atomic E-state index is 0.545. The highest BCUT2D eigenvalue weighted by atomic mass is 32.1. The monoisotopic (exact) mass is 145 g/mol. The minimum absolute atomic E-state index is 0.545. The molecule has 1 unspecified atom stereocenters. The smallest absolute Gasteiger partial charge is 0.0527 e. The molecule has 9 heavy (non-hydrogen) atoms. The molecule has 1 fully saturated rings. The second-order valence-electron chi connectivity index (χ2n) is 2.60. The van der Waals surface area contributed by atoms with E-state index in [1.54, 1.807) is 0 Å². The third kappa shape index (κ3) is 1.87. The summed E-state index contributed by atoms with van der Waals surface area (Å²) in [7, 11) is 0. The zero-order valence-corrected chi connectivity index (χ0v) is 6.90. The highest BCUT2D eigenvalue weighted by Crippen LogP contribution is 2.18. The lowest BCUT2D eigenvalue weighted by Crippen LogP contribution is -2.35. The van der Waals surface area contributed by atoms with Crippen LogP contribution < -0.4 is 0 Å². The van der Waals surface area contributed by atoms with Gasteiger partial charge in [-0.2, -0.15) is 12.6 Å². The Morgan fingerprint density at radius 3 is 2.78 bits per heavy atom. The second kappa shape index (κ2) is 3.47. The van der Waals surface area contributed by atoms with Gasteiger partial charge in [0.15, 0.2) is 0 Å². The normalized spacial score (nSPS) is 30.7. The molecule has 0 bridgehead atoms. The van der Waals surface area contributed by atoms with Gasteiger partial charge in [0, 0.05) is 0 Å². The van der Waals surface area contributed by atoms with Crippen molar-refractivity contribution in [2.75, 3.05) is 13.1 Å². The largest absolute Gasteiger partial charge is 0.292 e. The van der Waals surface area contributed by atoms with Gasteiger partial charge in [-0.15, -0.1) is 0 Å². The van der Waals surface area contributed by atoms with Crippen LogP contribution in [0.2, 0.25) is 0 Å². The van der Waals surface area contributed by atoms with Gasteiger partial charge in [0.1, 0.15) is 0 Å². The summed E-state index contributed by atoms with van der Waals surface area (Å²) in [5.74, 6) is 0. The van der Waals surface area contributed by atoms with Crippen molar-refractivity contribution in [2.45, 2.75) is 31.6 Å². The van der Waals surface area contributed by atoms with Gasteiger partial charge in [0.2, 0.25) is 0 Å². The van der Waals surface area contributed by atoms with Crippen molar-refractivity contribution in [3.8, 4) is 0 Å². The van der Waals surface area contributed by atoms with Gasteiger partial charge in [-0.25, -0.2) is 0 Å². The Morgan fingerprint density at radius 1 is 1.56 bits per heavy atom. The molecule has 54 valence electrons. The van der Waals surface area contributed by atoms with Gasteiger partial charge in [-0.05, 0) is 32.4 Å². The average molecular weight is 145 g/mol. The van der Waals surface area contributed by atoms with Crippen LogP contribution in [0.25, 0.3) is 0 Å². The molecule has 0 amide bonds. The van der Waals surface area contributed by atoms with Gasteiger partial charge >= 0.3 is 0 Å². The molecule has 0 radical (unpaired) electrons. The first-order valence-electron chi connectivity index (χ1n) is 3.76. The zero-order chi connectivity index (χ0) is 6.69. The molecule has 2 heteroatoms. The van der Waals surface area contributed by atoms with Gasteiger partial charge < -0.3 is 0 Å². The van der Waals surface area contributed by atoms with E-state index in [-0.39, 0.29) is 0 Å². The Balaban J connectivity index is 2.30. The molecule has 0 aliphatic carbocycles. The predicted molar refractivity (Wildman–Crippen MR) is 43.9 cm³/mol. The van der Waals surface area contributed by atoms with Crippen LogP contribution in [0.4, 0.5) is 0 Å². The fraction of sp³-hybridized carbons (Fsp3) is 1.00. The van der Waals surface area contributed by atoms with E-state index in [4.69, 9.17) is 0 Å². The molecule has 0 aromatic rings. The van der Waals surface area contributed by atoms with Crippen LogP contribution in [0.5, 0.6) is 0 Å². The van der Waals surface area contributed by atoms with Crippen molar-refractivity contribution >= 4 is 12.6 Å². The van der Waals surface area contributed by atoms with Gasteiger partial charge in [0.05, 0.1) is 5.37 Å². The quantitative estimate of drug-likeness (QED) is 0.550. The van der Waals surface area contributed by atoms with Crippen molar-refractivity contribution in [1.82, 2.24) is 4.90 Å². The standard InChI is InChI=1S/C7H15NS/c1-2-8-6-4-3-5-7(8)9/h7,9H,2-6H2,1H3. The van der Waals surface area contributed by atoms with Crippen LogP contribution in [0, 0.1) is 0 Å². The molecule has 0 spiro atoms. The van der Waals surface area contributed by atoms with Crippen LogP contribution in [0.15, 0.2) is 0 Å². The number of likely N-dealkylation sites (tertiary alicyclic amines) is 1. The Hall–Kier alpha value is 0.310. The maximum absolute atomic E-state index is 4.46. The molecule has 1 atom stereocenters. The molecule has 1 aliphatic rings. The molecule has 0 aromatic heterocycles. The molecular formula is C7H15NS. The van der Waals surface area contributed by atoms with Crippen molar-refractivity contribution in [2.24, 2.45) is 0 Å². The lowest BCUT2D eigenvalue weighted by molar-refractivity contribution is 0.218. The lowest BCUT2D eigenvalue weighted by atomic mass is 10.1. The number of rotatable bonds is 1. The van der Waals surface area contributed by atoms with E-state index < -0.39 is 0 Å². The number of nitrogens with zero attached hydrogens (tertiary/aromatic N) is 1. The third-order valence-electron chi connectivity index (χ3n) is 1.99. The lowest BCUT2D eigenvalue weighted by Gasteiger charge is -2.31. The predicted octanol–water partition coefficient (Wildman–Crippen LogP) is 1.75. The number of thiol groups is 1. The van der Waals surface area contributed by atoms with Crippen LogP contribution in [0.3, 0.4) is 0 Å². The average Bonchev–Trinajstić information content (AvgIpc) is 1.89. The molecule has 0 N–H and O–H groups in total. The molecule has 1 saturated heterocycles. The van der Waals surface area contributed by atoms with Gasteiger partial charge in [-0.3, -0.25) is 4.90 Å². The van der Waals surface area contributed by atoms with Gasteiger partial charge in [0.25, 0.3) is 0 Å². The van der Waals surface area contributed by atoms with E-state index in [2.05, 4.69) is 24.5 Å². The number of hydrogen-bond acceptors (Lipinski definition) is 2. The Labute approximate surface area is 62.8 Å². The third-order valence-corrected chi connectivity index (χ3v) is 2.57. The molecular weight excluding hydrogens is 130 g/mol. The summed E-state index contributed by atoms with van der Waals surface area (Å²) in [4.78, 5) is 2.42. The second-order valence-corrected chi connectivity index (χ2v) is 3.20. The first kappa shape index (κ1) is 7.42. The van der Waals surface area contributed by atoms with Crippen LogP contribution >= 0.6 is 12.6 Å². The summed E-state index contributed by atoms with van der Waals surface area (Å²) < 4.78 is 0. The first-order valence-corrected chi connectivity index (χ1v) is 4.28. The van der Waals surface area contributed by atoms with Crippen LogP contribution in [0.1, 0.15) is 26.2 Å². The maximum atomic E-state index is 4.46. The van der Waals surface area contributed by atoms with E-state index >= 15 is 0 Å². The van der Waals surface area contributed by atoms with Crippen molar-refractivity contribution in [3.05, 3.63) is 0 Å². The van der Waals surface area contributed by atoms with Crippen molar-refractivity contribution < 1.29 is 0 Å². The van der Waals surface area contributed by atoms with E-state index in [1.165, 1.54) is 25.8 Å². The highest BCUT2D eigenvalue weighted by molar-refractivity contribution is 7.80. The SMILES string of the molecule is CCN1CCCCC1S. The van der Waals surface area contributed by atoms with Crippen LogP contribution in [-0.2, 0) is 0 Å². The summed E-state index contributed by atoms with van der Waals surface area (Å²) in [6.45, 7) is 4.62. The maximum Gasteiger partial charge on any atom is 0.0527 e. The molecule has 0 saturated carbocycles. The fourth-order valence-corrected chi connectivity index (χ4v) is 1.80. The Morgan fingerprint density at radius 2 is 2.33 bits per heavy atom. The van der Waals surface area contributed by atoms with Crippen molar-refractivity contribution in [1.29, 1.82) is 0 Å². The summed E-state index contributed by atoms with van der Waals surface area (Å²) in [6.07, 6.45) is 4.01. The van der Waals surface area contributed by atoms with Crippen LogP contribution in [-0.4, -0.2) is 23.4 Å². The van der Waals surface area contributed by atoms with E-state index in [0.29, 0.717) is 5.37 Å². The van der Waals surface area contributed by atoms with E-state index in [1.807, 2.05) is 0 Å². The van der Waals surface area contributed by atoms with Crippen molar-refractivity contribution in [3.63, 3.8) is 0 Å². The number of hydrogen-bond donors (Lipinski definition) is 1. The first-order chi connectivity index (χ1) is 4.34. The molecule has 0 aromatic carbocycles. The summed E-state index contributed by atoms with van der Waals surface area (Å²) in [6, 6.07) is 0. The summed E-state index contributed by atoms with van der Waals surface area (Å²) in [5, 5.41) is 0.545. The summed E-state index contributed by atoms with van der Waals surface area (Å²) in [5.41, 5.74) is 0. The summed E-state index contributed by atoms with van der Waals surface area (Å²) >= 11 is 4.46. The Bertz CT molecular complexity index is 85.0. The number of piperidine rings is 1. The Kier molecular flexibility index (Phi) is 2.86. The highest BCUT2D eigenvalue weighted by Gasteiger charge is 2.15. The molecule has 1 rings (SSSR count).